The molecule has 5 rings (SSSR count). The zero-order chi connectivity index (χ0) is 21.9. The predicted octanol–water partition coefficient (Wildman–Crippen LogP) is 4.83. The molecule has 0 aliphatic heterocycles. The molecule has 0 saturated heterocycles. The SMILES string of the molecule is COc1ncccc1-c1nccnc1Oc1ccc([C]c2nc3cc(F)ccc3[nH]2)cc1. The molecule has 156 valence electrons. The van der Waals surface area contributed by atoms with Crippen LogP contribution in [-0.4, -0.2) is 32.0 Å². The highest BCUT2D eigenvalue weighted by atomic mass is 19.1. The van der Waals surface area contributed by atoms with E-state index in [-0.39, 0.29) is 5.82 Å². The summed E-state index contributed by atoms with van der Waals surface area (Å²) in [6.45, 7) is 0. The molecule has 7 nitrogen and oxygen atoms in total. The Bertz CT molecular complexity index is 1390. The number of aromatic nitrogens is 5. The predicted molar refractivity (Wildman–Crippen MR) is 116 cm³/mol. The van der Waals surface area contributed by atoms with E-state index >= 15 is 0 Å². The zero-order valence-corrected chi connectivity index (χ0v) is 16.9. The lowest BCUT2D eigenvalue weighted by Crippen LogP contribution is -1.97. The minimum absolute atomic E-state index is 0.329. The van der Waals surface area contributed by atoms with E-state index in [2.05, 4.69) is 31.3 Å². The van der Waals surface area contributed by atoms with Crippen molar-refractivity contribution in [2.75, 3.05) is 7.11 Å². The fourth-order valence-electron chi connectivity index (χ4n) is 3.21. The monoisotopic (exact) mass is 425 g/mol. The lowest BCUT2D eigenvalue weighted by Gasteiger charge is -2.11. The number of benzene rings is 2. The maximum Gasteiger partial charge on any atom is 0.246 e. The van der Waals surface area contributed by atoms with Gasteiger partial charge in [-0.15, -0.1) is 0 Å². The van der Waals surface area contributed by atoms with Gasteiger partial charge in [0.2, 0.25) is 11.8 Å². The number of fused-ring (bicyclic) bond motifs is 1. The van der Waals surface area contributed by atoms with Crippen molar-refractivity contribution in [2.24, 2.45) is 0 Å². The van der Waals surface area contributed by atoms with Gasteiger partial charge in [-0.25, -0.2) is 24.3 Å². The molecular formula is C24H16FN5O2. The molecule has 0 fully saturated rings. The molecule has 8 heteroatoms. The van der Waals surface area contributed by atoms with Crippen LogP contribution in [0.2, 0.25) is 0 Å². The van der Waals surface area contributed by atoms with E-state index in [0.29, 0.717) is 40.1 Å². The first-order valence-electron chi connectivity index (χ1n) is 9.70. The molecule has 3 heterocycles. The fraction of sp³-hybridized carbons (Fsp3) is 0.0417. The number of H-pyrrole nitrogens is 1. The summed E-state index contributed by atoms with van der Waals surface area (Å²) in [6, 6.07) is 15.3. The van der Waals surface area contributed by atoms with Crippen molar-refractivity contribution in [3.8, 4) is 28.8 Å². The number of methoxy groups -OCH3 is 1. The second-order valence-corrected chi connectivity index (χ2v) is 6.77. The number of halogens is 1. The van der Waals surface area contributed by atoms with Crippen LogP contribution in [0, 0.1) is 12.2 Å². The van der Waals surface area contributed by atoms with Crippen LogP contribution in [-0.2, 0) is 0 Å². The number of pyridine rings is 1. The average Bonchev–Trinajstić information content (AvgIpc) is 3.22. The smallest absolute Gasteiger partial charge is 0.246 e. The summed E-state index contributed by atoms with van der Waals surface area (Å²) in [6.07, 6.45) is 7.94. The second kappa shape index (κ2) is 8.43. The van der Waals surface area contributed by atoms with Crippen LogP contribution < -0.4 is 9.47 Å². The molecule has 0 amide bonds. The molecule has 2 aromatic carbocycles. The highest BCUT2D eigenvalue weighted by Crippen LogP contribution is 2.34. The number of aromatic amines is 1. The van der Waals surface area contributed by atoms with E-state index in [9.17, 15) is 4.39 Å². The standard InChI is InChI=1S/C24H16FN5O2/c1-31-23-18(3-2-10-27-23)22-24(28-12-11-26-22)32-17-7-4-15(5-8-17)13-21-29-19-9-6-16(25)14-20(19)30-21/h2-12,14H,1H3,(H,29,30). The van der Waals surface area contributed by atoms with Gasteiger partial charge in [-0.3, -0.25) is 0 Å². The van der Waals surface area contributed by atoms with Crippen molar-refractivity contribution in [1.29, 1.82) is 0 Å². The summed E-state index contributed by atoms with van der Waals surface area (Å²) in [4.78, 5) is 20.4. The van der Waals surface area contributed by atoms with Crippen molar-refractivity contribution in [3.05, 3.63) is 96.8 Å². The highest BCUT2D eigenvalue weighted by molar-refractivity contribution is 5.75. The number of nitrogens with one attached hydrogen (secondary N) is 1. The Morgan fingerprint density at radius 3 is 2.56 bits per heavy atom. The van der Waals surface area contributed by atoms with Gasteiger partial charge in [0.15, 0.2) is 0 Å². The summed E-state index contributed by atoms with van der Waals surface area (Å²) in [5.74, 6) is 1.53. The largest absolute Gasteiger partial charge is 0.481 e. The lowest BCUT2D eigenvalue weighted by molar-refractivity contribution is 0.398. The first kappa shape index (κ1) is 19.6. The Morgan fingerprint density at radius 1 is 0.906 bits per heavy atom. The van der Waals surface area contributed by atoms with Crippen molar-refractivity contribution >= 4 is 11.0 Å². The topological polar surface area (TPSA) is 85.8 Å². The molecule has 32 heavy (non-hydrogen) atoms. The first-order chi connectivity index (χ1) is 15.7. The van der Waals surface area contributed by atoms with Crippen LogP contribution in [0.4, 0.5) is 4.39 Å². The van der Waals surface area contributed by atoms with E-state index in [1.165, 1.54) is 12.1 Å². The highest BCUT2D eigenvalue weighted by Gasteiger charge is 2.15. The number of ether oxygens (including phenoxy) is 2. The maximum absolute atomic E-state index is 13.4. The van der Waals surface area contributed by atoms with Crippen LogP contribution in [0.5, 0.6) is 17.5 Å². The molecule has 0 saturated carbocycles. The second-order valence-electron chi connectivity index (χ2n) is 6.77. The van der Waals surface area contributed by atoms with Crippen LogP contribution in [0.25, 0.3) is 22.3 Å². The number of hydrogen-bond acceptors (Lipinski definition) is 6. The van der Waals surface area contributed by atoms with E-state index in [4.69, 9.17) is 9.47 Å². The Morgan fingerprint density at radius 2 is 1.72 bits per heavy atom. The van der Waals surface area contributed by atoms with Crippen molar-refractivity contribution in [3.63, 3.8) is 0 Å². The molecule has 2 radical (unpaired) electrons. The number of rotatable bonds is 6. The number of imidazole rings is 1. The van der Waals surface area contributed by atoms with E-state index in [0.717, 1.165) is 11.1 Å². The Balaban J connectivity index is 1.36. The Labute approximate surface area is 182 Å². The minimum Gasteiger partial charge on any atom is -0.481 e. The fourth-order valence-corrected chi connectivity index (χ4v) is 3.21. The molecule has 0 spiro atoms. The molecule has 3 aromatic heterocycles. The van der Waals surface area contributed by atoms with Crippen molar-refractivity contribution in [1.82, 2.24) is 24.9 Å². The van der Waals surface area contributed by atoms with Crippen LogP contribution in [0.15, 0.2) is 73.2 Å². The zero-order valence-electron chi connectivity index (χ0n) is 16.9. The third-order valence-corrected chi connectivity index (χ3v) is 4.66. The Kier molecular flexibility index (Phi) is 5.17. The molecule has 0 aliphatic carbocycles. The molecule has 5 aromatic rings. The molecule has 0 unspecified atom stereocenters. The van der Waals surface area contributed by atoms with Gasteiger partial charge in [0.05, 0.1) is 30.1 Å². The average molecular weight is 425 g/mol. The van der Waals surface area contributed by atoms with E-state index in [1.807, 2.05) is 18.2 Å². The third kappa shape index (κ3) is 3.98. The van der Waals surface area contributed by atoms with Crippen molar-refractivity contribution in [2.45, 2.75) is 0 Å². The van der Waals surface area contributed by atoms with Crippen molar-refractivity contribution < 1.29 is 13.9 Å². The number of hydrogen-bond donors (Lipinski definition) is 1. The van der Waals surface area contributed by atoms with E-state index < -0.39 is 0 Å². The summed E-state index contributed by atoms with van der Waals surface area (Å²) in [5, 5.41) is 0. The number of nitrogens with zero attached hydrogens (tertiary/aromatic N) is 4. The van der Waals surface area contributed by atoms with Crippen LogP contribution in [0.1, 0.15) is 11.4 Å². The normalized spacial score (nSPS) is 10.9. The molecule has 0 atom stereocenters. The summed E-state index contributed by atoms with van der Waals surface area (Å²) in [5.41, 5.74) is 3.28. The molecule has 0 bridgehead atoms. The van der Waals surface area contributed by atoms with Gasteiger partial charge in [-0.2, -0.15) is 0 Å². The van der Waals surface area contributed by atoms with Gasteiger partial charge in [0.1, 0.15) is 23.1 Å². The molecular weight excluding hydrogens is 409 g/mol. The van der Waals surface area contributed by atoms with Gasteiger partial charge in [0.25, 0.3) is 0 Å². The van der Waals surface area contributed by atoms with Gasteiger partial charge < -0.3 is 14.5 Å². The van der Waals surface area contributed by atoms with Crippen LogP contribution >= 0.6 is 0 Å². The minimum atomic E-state index is -0.329. The van der Waals surface area contributed by atoms with Gasteiger partial charge in [0, 0.05) is 24.7 Å². The Hall–Kier alpha value is -4.33. The summed E-state index contributed by atoms with van der Waals surface area (Å²) in [7, 11) is 1.55. The van der Waals surface area contributed by atoms with Gasteiger partial charge >= 0.3 is 0 Å². The van der Waals surface area contributed by atoms with Gasteiger partial charge in [-0.1, -0.05) is 12.1 Å². The third-order valence-electron chi connectivity index (χ3n) is 4.66. The molecule has 1 N–H and O–H groups in total. The maximum atomic E-state index is 13.4. The summed E-state index contributed by atoms with van der Waals surface area (Å²) >= 11 is 0. The quantitative estimate of drug-likeness (QED) is 0.419. The lowest BCUT2D eigenvalue weighted by atomic mass is 10.1. The van der Waals surface area contributed by atoms with E-state index in [1.54, 1.807) is 50.0 Å². The molecule has 0 aliphatic rings. The summed E-state index contributed by atoms with van der Waals surface area (Å²) < 4.78 is 24.7. The van der Waals surface area contributed by atoms with Gasteiger partial charge in [-0.05, 0) is 42.0 Å². The first-order valence-corrected chi connectivity index (χ1v) is 9.70. The van der Waals surface area contributed by atoms with Crippen LogP contribution in [0.3, 0.4) is 0 Å².